The van der Waals surface area contributed by atoms with Crippen molar-refractivity contribution in [2.24, 2.45) is 0 Å². The Hall–Kier alpha value is -2.43. The first-order chi connectivity index (χ1) is 8.74. The fourth-order valence-electron chi connectivity index (χ4n) is 1.86. The van der Waals surface area contributed by atoms with Gasteiger partial charge in [-0.05, 0) is 30.3 Å². The standard InChI is InChI=1S/C13H10BN3O/c14-13-4-3-10(16-17-13)9-7-11-8(6-12(9)18)2-1-5-15-11/h1-7,18H,14H2. The number of benzene rings is 1. The van der Waals surface area contributed by atoms with E-state index < -0.39 is 0 Å². The van der Waals surface area contributed by atoms with E-state index in [4.69, 9.17) is 0 Å². The molecular formula is C13H10BN3O. The van der Waals surface area contributed by atoms with Gasteiger partial charge in [-0.15, -0.1) is 0 Å². The maximum Gasteiger partial charge on any atom is 0.166 e. The Morgan fingerprint density at radius 2 is 1.94 bits per heavy atom. The summed E-state index contributed by atoms with van der Waals surface area (Å²) in [5.74, 6) is 0.189. The van der Waals surface area contributed by atoms with Crippen molar-refractivity contribution in [3.63, 3.8) is 0 Å². The Kier molecular flexibility index (Phi) is 2.44. The molecule has 18 heavy (non-hydrogen) atoms. The summed E-state index contributed by atoms with van der Waals surface area (Å²) >= 11 is 0. The molecule has 0 aliphatic heterocycles. The van der Waals surface area contributed by atoms with Gasteiger partial charge >= 0.3 is 0 Å². The molecule has 0 unspecified atom stereocenters. The van der Waals surface area contributed by atoms with Gasteiger partial charge in [0.2, 0.25) is 0 Å². The van der Waals surface area contributed by atoms with Crippen LogP contribution in [0.3, 0.4) is 0 Å². The van der Waals surface area contributed by atoms with Crippen LogP contribution in [0.25, 0.3) is 22.2 Å². The summed E-state index contributed by atoms with van der Waals surface area (Å²) < 4.78 is 0. The van der Waals surface area contributed by atoms with Gasteiger partial charge in [0.05, 0.1) is 11.2 Å². The Labute approximate surface area is 105 Å². The molecule has 86 valence electrons. The minimum atomic E-state index is 0.189. The number of fused-ring (bicyclic) bond motifs is 1. The van der Waals surface area contributed by atoms with Gasteiger partial charge < -0.3 is 5.11 Å². The highest BCUT2D eigenvalue weighted by Crippen LogP contribution is 2.30. The van der Waals surface area contributed by atoms with Crippen LogP contribution < -0.4 is 5.59 Å². The molecule has 2 aromatic heterocycles. The normalized spacial score (nSPS) is 10.7. The first-order valence-electron chi connectivity index (χ1n) is 5.62. The molecule has 3 aromatic rings. The molecule has 3 rings (SSSR count). The van der Waals surface area contributed by atoms with E-state index in [-0.39, 0.29) is 5.75 Å². The molecule has 0 amide bonds. The summed E-state index contributed by atoms with van der Waals surface area (Å²) in [6.45, 7) is 0. The number of pyridine rings is 1. The fraction of sp³-hybridized carbons (Fsp3) is 0. The molecule has 0 atom stereocenters. The molecule has 4 nitrogen and oxygen atoms in total. The van der Waals surface area contributed by atoms with Gasteiger partial charge in [0, 0.05) is 22.7 Å². The third kappa shape index (κ3) is 1.80. The molecule has 5 heteroatoms. The van der Waals surface area contributed by atoms with Crippen molar-refractivity contribution in [2.75, 3.05) is 0 Å². The van der Waals surface area contributed by atoms with Crippen molar-refractivity contribution in [2.45, 2.75) is 0 Å². The van der Waals surface area contributed by atoms with Crippen LogP contribution in [0.5, 0.6) is 5.75 Å². The third-order valence-electron chi connectivity index (χ3n) is 2.79. The first-order valence-corrected chi connectivity index (χ1v) is 5.62. The van der Waals surface area contributed by atoms with Crippen molar-refractivity contribution < 1.29 is 5.11 Å². The predicted octanol–water partition coefficient (Wildman–Crippen LogP) is 0.656. The van der Waals surface area contributed by atoms with Crippen LogP contribution in [0, 0.1) is 0 Å². The zero-order valence-electron chi connectivity index (χ0n) is 9.83. The summed E-state index contributed by atoms with van der Waals surface area (Å²) in [7, 11) is 1.87. The van der Waals surface area contributed by atoms with Crippen molar-refractivity contribution in [1.82, 2.24) is 15.2 Å². The van der Waals surface area contributed by atoms with Gasteiger partial charge in [-0.2, -0.15) is 10.2 Å². The molecule has 0 aliphatic rings. The second-order valence-electron chi connectivity index (χ2n) is 4.13. The number of aromatic hydroxyl groups is 1. The largest absolute Gasteiger partial charge is 0.507 e. The van der Waals surface area contributed by atoms with Crippen molar-refractivity contribution in [1.29, 1.82) is 0 Å². The topological polar surface area (TPSA) is 58.9 Å². The Morgan fingerprint density at radius 1 is 1.06 bits per heavy atom. The van der Waals surface area contributed by atoms with Gasteiger partial charge in [-0.1, -0.05) is 6.07 Å². The van der Waals surface area contributed by atoms with E-state index in [0.717, 1.165) is 16.5 Å². The average molecular weight is 235 g/mol. The second-order valence-corrected chi connectivity index (χ2v) is 4.13. The zero-order chi connectivity index (χ0) is 12.5. The molecule has 0 fully saturated rings. The number of aromatic nitrogens is 3. The van der Waals surface area contributed by atoms with E-state index >= 15 is 0 Å². The number of phenols is 1. The van der Waals surface area contributed by atoms with Crippen molar-refractivity contribution in [3.8, 4) is 17.0 Å². The molecule has 0 saturated carbocycles. The lowest BCUT2D eigenvalue weighted by Gasteiger charge is -2.05. The van der Waals surface area contributed by atoms with E-state index in [9.17, 15) is 5.11 Å². The van der Waals surface area contributed by atoms with Crippen molar-refractivity contribution in [3.05, 3.63) is 42.6 Å². The van der Waals surface area contributed by atoms with Crippen LogP contribution in [-0.2, 0) is 0 Å². The van der Waals surface area contributed by atoms with Gasteiger partial charge in [-0.3, -0.25) is 4.98 Å². The molecule has 0 aliphatic carbocycles. The van der Waals surface area contributed by atoms with E-state index in [0.29, 0.717) is 11.3 Å². The quantitative estimate of drug-likeness (QED) is 0.629. The first kappa shape index (κ1) is 10.7. The Bertz CT molecular complexity index is 713. The minimum Gasteiger partial charge on any atom is -0.507 e. The third-order valence-corrected chi connectivity index (χ3v) is 2.79. The average Bonchev–Trinajstić information content (AvgIpc) is 2.39. The smallest absolute Gasteiger partial charge is 0.166 e. The molecule has 2 heterocycles. The summed E-state index contributed by atoms with van der Waals surface area (Å²) in [4.78, 5) is 4.27. The van der Waals surface area contributed by atoms with Crippen LogP contribution in [-0.4, -0.2) is 28.1 Å². The molecule has 0 bridgehead atoms. The minimum absolute atomic E-state index is 0.189. The molecule has 0 radical (unpaired) electrons. The monoisotopic (exact) mass is 235 g/mol. The summed E-state index contributed by atoms with van der Waals surface area (Å²) in [6.07, 6.45) is 1.73. The number of nitrogens with zero attached hydrogens (tertiary/aromatic N) is 3. The Morgan fingerprint density at radius 3 is 2.72 bits per heavy atom. The highest BCUT2D eigenvalue weighted by atomic mass is 16.3. The number of rotatable bonds is 1. The fourth-order valence-corrected chi connectivity index (χ4v) is 1.86. The lowest BCUT2D eigenvalue weighted by Crippen LogP contribution is -2.09. The summed E-state index contributed by atoms with van der Waals surface area (Å²) in [5.41, 5.74) is 2.96. The van der Waals surface area contributed by atoms with Crippen LogP contribution in [0.15, 0.2) is 42.6 Å². The number of hydrogen-bond donors (Lipinski definition) is 1. The molecular weight excluding hydrogens is 225 g/mol. The lowest BCUT2D eigenvalue weighted by atomic mass is 10.0. The van der Waals surface area contributed by atoms with Gasteiger partial charge in [0.15, 0.2) is 7.85 Å². The number of phenolic OH excluding ortho intramolecular Hbond substituents is 1. The number of hydrogen-bond acceptors (Lipinski definition) is 4. The van der Waals surface area contributed by atoms with Gasteiger partial charge in [0.25, 0.3) is 0 Å². The van der Waals surface area contributed by atoms with E-state index in [1.807, 2.05) is 38.2 Å². The van der Waals surface area contributed by atoms with Crippen LogP contribution in [0.1, 0.15) is 0 Å². The highest BCUT2D eigenvalue weighted by Gasteiger charge is 2.08. The van der Waals surface area contributed by atoms with Gasteiger partial charge in [0.1, 0.15) is 5.75 Å². The summed E-state index contributed by atoms with van der Waals surface area (Å²) in [6, 6.07) is 11.0. The lowest BCUT2D eigenvalue weighted by molar-refractivity contribution is 0.478. The zero-order valence-corrected chi connectivity index (χ0v) is 9.83. The molecule has 0 spiro atoms. The molecule has 1 aromatic carbocycles. The summed E-state index contributed by atoms with van der Waals surface area (Å²) in [5, 5.41) is 19.0. The van der Waals surface area contributed by atoms with E-state index in [1.54, 1.807) is 12.3 Å². The van der Waals surface area contributed by atoms with Gasteiger partial charge in [-0.25, -0.2) is 0 Å². The SMILES string of the molecule is Bc1ccc(-c2cc3ncccc3cc2O)nn1. The molecule has 0 saturated heterocycles. The maximum absolute atomic E-state index is 10.0. The van der Waals surface area contributed by atoms with E-state index in [2.05, 4.69) is 15.2 Å². The predicted molar refractivity (Wildman–Crippen MR) is 72.6 cm³/mol. The highest BCUT2D eigenvalue weighted by molar-refractivity contribution is 6.30. The van der Waals surface area contributed by atoms with Crippen molar-refractivity contribution >= 4 is 24.3 Å². The van der Waals surface area contributed by atoms with Crippen LogP contribution in [0.4, 0.5) is 0 Å². The Balaban J connectivity index is 2.22. The van der Waals surface area contributed by atoms with Crippen LogP contribution in [0.2, 0.25) is 0 Å². The molecule has 1 N–H and O–H groups in total. The van der Waals surface area contributed by atoms with Crippen LogP contribution >= 0.6 is 0 Å². The second kappa shape index (κ2) is 4.11. The van der Waals surface area contributed by atoms with E-state index in [1.165, 1.54) is 0 Å². The maximum atomic E-state index is 10.0.